The van der Waals surface area contributed by atoms with Crippen molar-refractivity contribution in [2.75, 3.05) is 13.2 Å². The minimum absolute atomic E-state index is 0.0674. The Morgan fingerprint density at radius 2 is 0.500 bits per heavy atom. The van der Waals surface area contributed by atoms with Crippen LogP contribution in [0.4, 0.5) is 0 Å². The summed E-state index contributed by atoms with van der Waals surface area (Å²) in [7, 11) is 0. The van der Waals surface area contributed by atoms with Gasteiger partial charge >= 0.3 is 17.9 Å². The van der Waals surface area contributed by atoms with Gasteiger partial charge in [-0.1, -0.05) is 315 Å². The molecule has 0 unspecified atom stereocenters. The highest BCUT2D eigenvalue weighted by atomic mass is 16.6. The number of hydrogen-bond donors (Lipinski definition) is 0. The second kappa shape index (κ2) is 61.4. The van der Waals surface area contributed by atoms with Gasteiger partial charge in [-0.25, -0.2) is 0 Å². The molecule has 72 heavy (non-hydrogen) atoms. The first-order valence-electron chi connectivity index (χ1n) is 32.3. The first kappa shape index (κ1) is 69.9. The fraction of sp³-hybridized carbons (Fsp3) is 0.894. The predicted octanol–water partition coefficient (Wildman–Crippen LogP) is 21.8. The molecule has 0 saturated heterocycles. The Kier molecular flexibility index (Phi) is 59.6. The summed E-state index contributed by atoms with van der Waals surface area (Å²) in [4.78, 5) is 38.3. The van der Waals surface area contributed by atoms with Crippen molar-refractivity contribution in [2.45, 2.75) is 367 Å². The SMILES string of the molecule is CCCCC/C=C\C/C=C\CCCCCCCCCC(=O)OC[C@H](COC(=O)CCCCCCCCCCCCCCCCCCCCC)OC(=O)CCCCCCCCCCCCCCCCCCCC. The molecule has 0 N–H and O–H groups in total. The highest BCUT2D eigenvalue weighted by Gasteiger charge is 2.19. The average molecular weight is 1010 g/mol. The minimum Gasteiger partial charge on any atom is -0.462 e. The van der Waals surface area contributed by atoms with Crippen LogP contribution in [0.2, 0.25) is 0 Å². The van der Waals surface area contributed by atoms with Crippen molar-refractivity contribution in [1.82, 2.24) is 0 Å². The van der Waals surface area contributed by atoms with E-state index >= 15 is 0 Å². The normalized spacial score (nSPS) is 12.1. The first-order valence-corrected chi connectivity index (χ1v) is 32.3. The maximum absolute atomic E-state index is 12.9. The molecule has 0 bridgehead atoms. The van der Waals surface area contributed by atoms with E-state index in [4.69, 9.17) is 14.2 Å². The molecule has 424 valence electrons. The van der Waals surface area contributed by atoms with Gasteiger partial charge in [-0.2, -0.15) is 0 Å². The topological polar surface area (TPSA) is 78.9 Å². The molecular formula is C66H124O6. The molecule has 0 spiro atoms. The fourth-order valence-electron chi connectivity index (χ4n) is 9.83. The molecule has 0 aromatic rings. The molecule has 0 aliphatic carbocycles. The van der Waals surface area contributed by atoms with Gasteiger partial charge in [0.25, 0.3) is 0 Å². The molecule has 6 heteroatoms. The van der Waals surface area contributed by atoms with Gasteiger partial charge in [-0.3, -0.25) is 14.4 Å². The predicted molar refractivity (Wildman–Crippen MR) is 312 cm³/mol. The summed E-state index contributed by atoms with van der Waals surface area (Å²) in [5.41, 5.74) is 0. The lowest BCUT2D eigenvalue weighted by Gasteiger charge is -2.18. The standard InChI is InChI=1S/C66H124O6/c1-4-7-10-13-16-19-22-25-28-31-33-36-38-41-44-47-50-53-56-59-65(68)71-62-63(61-70-64(67)58-55-52-49-46-43-40-37-34-30-27-24-21-18-15-12-9-6-3)72-66(69)60-57-54-51-48-45-42-39-35-32-29-26-23-20-17-14-11-8-5-2/h18,21,27,30,63H,4-17,19-20,22-26,28-29,31-62H2,1-3H3/b21-18-,30-27-/t63-/m1/s1. The maximum atomic E-state index is 12.9. The van der Waals surface area contributed by atoms with Crippen LogP contribution in [0.5, 0.6) is 0 Å². The highest BCUT2D eigenvalue weighted by molar-refractivity contribution is 5.71. The number of rotatable bonds is 60. The van der Waals surface area contributed by atoms with Gasteiger partial charge < -0.3 is 14.2 Å². The third-order valence-electron chi connectivity index (χ3n) is 14.7. The van der Waals surface area contributed by atoms with Crippen molar-refractivity contribution in [3.8, 4) is 0 Å². The van der Waals surface area contributed by atoms with Gasteiger partial charge in [0.15, 0.2) is 6.10 Å². The zero-order chi connectivity index (χ0) is 52.2. The van der Waals surface area contributed by atoms with Gasteiger partial charge in [-0.05, 0) is 51.4 Å². The van der Waals surface area contributed by atoms with Crippen LogP contribution < -0.4 is 0 Å². The van der Waals surface area contributed by atoms with Gasteiger partial charge in [0.1, 0.15) is 13.2 Å². The van der Waals surface area contributed by atoms with Crippen LogP contribution >= 0.6 is 0 Å². The number of hydrogen-bond acceptors (Lipinski definition) is 6. The smallest absolute Gasteiger partial charge is 0.306 e. The summed E-state index contributed by atoms with van der Waals surface area (Å²) in [6, 6.07) is 0. The van der Waals surface area contributed by atoms with E-state index in [0.717, 1.165) is 70.6 Å². The van der Waals surface area contributed by atoms with E-state index in [-0.39, 0.29) is 31.1 Å². The second-order valence-electron chi connectivity index (χ2n) is 22.0. The summed E-state index contributed by atoms with van der Waals surface area (Å²) in [6.45, 7) is 6.68. The van der Waals surface area contributed by atoms with E-state index in [1.54, 1.807) is 0 Å². The van der Waals surface area contributed by atoms with Crippen LogP contribution in [-0.4, -0.2) is 37.2 Å². The molecular weight excluding hydrogens is 889 g/mol. The Bertz CT molecular complexity index is 1160. The van der Waals surface area contributed by atoms with Crippen molar-refractivity contribution in [3.63, 3.8) is 0 Å². The van der Waals surface area contributed by atoms with E-state index in [2.05, 4.69) is 45.1 Å². The van der Waals surface area contributed by atoms with Gasteiger partial charge in [0.05, 0.1) is 0 Å². The van der Waals surface area contributed by atoms with Gasteiger partial charge in [0.2, 0.25) is 0 Å². The zero-order valence-electron chi connectivity index (χ0n) is 48.7. The molecule has 0 saturated carbocycles. The van der Waals surface area contributed by atoms with Gasteiger partial charge in [0, 0.05) is 19.3 Å². The van der Waals surface area contributed by atoms with Crippen molar-refractivity contribution in [3.05, 3.63) is 24.3 Å². The first-order chi connectivity index (χ1) is 35.5. The average Bonchev–Trinajstić information content (AvgIpc) is 3.38. The lowest BCUT2D eigenvalue weighted by Crippen LogP contribution is -2.30. The third-order valence-corrected chi connectivity index (χ3v) is 14.7. The maximum Gasteiger partial charge on any atom is 0.306 e. The number of allylic oxidation sites excluding steroid dienone is 4. The molecule has 0 radical (unpaired) electrons. The number of unbranched alkanes of at least 4 members (excludes halogenated alkanes) is 45. The Morgan fingerprint density at radius 3 is 0.792 bits per heavy atom. The molecule has 0 amide bonds. The fourth-order valence-corrected chi connectivity index (χ4v) is 9.83. The van der Waals surface area contributed by atoms with Crippen LogP contribution in [0.25, 0.3) is 0 Å². The van der Waals surface area contributed by atoms with Crippen molar-refractivity contribution < 1.29 is 28.6 Å². The molecule has 0 aromatic carbocycles. The van der Waals surface area contributed by atoms with Crippen LogP contribution in [-0.2, 0) is 28.6 Å². The van der Waals surface area contributed by atoms with E-state index in [1.807, 2.05) is 0 Å². The second-order valence-corrected chi connectivity index (χ2v) is 22.0. The van der Waals surface area contributed by atoms with E-state index < -0.39 is 6.10 Å². The van der Waals surface area contributed by atoms with Crippen LogP contribution in [0.3, 0.4) is 0 Å². The molecule has 0 rings (SSSR count). The molecule has 0 aromatic heterocycles. The van der Waals surface area contributed by atoms with Gasteiger partial charge in [-0.15, -0.1) is 0 Å². The van der Waals surface area contributed by atoms with Crippen molar-refractivity contribution in [1.29, 1.82) is 0 Å². The summed E-state index contributed by atoms with van der Waals surface area (Å²) in [6.07, 6.45) is 73.2. The Labute approximate surface area is 449 Å². The Balaban J connectivity index is 4.32. The number of ether oxygens (including phenoxy) is 3. The van der Waals surface area contributed by atoms with Crippen molar-refractivity contribution >= 4 is 17.9 Å². The number of esters is 3. The molecule has 0 aliphatic rings. The molecule has 0 heterocycles. The van der Waals surface area contributed by atoms with Crippen LogP contribution in [0.1, 0.15) is 361 Å². The van der Waals surface area contributed by atoms with Crippen molar-refractivity contribution in [2.24, 2.45) is 0 Å². The molecule has 0 aliphatic heterocycles. The minimum atomic E-state index is -0.770. The molecule has 0 fully saturated rings. The van der Waals surface area contributed by atoms with Crippen LogP contribution in [0.15, 0.2) is 24.3 Å². The lowest BCUT2D eigenvalue weighted by molar-refractivity contribution is -0.167. The largest absolute Gasteiger partial charge is 0.462 e. The third kappa shape index (κ3) is 58.8. The summed E-state index contributed by atoms with van der Waals surface area (Å²) < 4.78 is 17.0. The summed E-state index contributed by atoms with van der Waals surface area (Å²) in [5.74, 6) is -0.846. The zero-order valence-corrected chi connectivity index (χ0v) is 48.7. The molecule has 6 nitrogen and oxygen atoms in total. The molecule has 1 atom stereocenters. The number of carbonyl (C=O) groups excluding carboxylic acids is 3. The van der Waals surface area contributed by atoms with E-state index in [9.17, 15) is 14.4 Å². The Morgan fingerprint density at radius 1 is 0.278 bits per heavy atom. The van der Waals surface area contributed by atoms with E-state index in [1.165, 1.54) is 250 Å². The van der Waals surface area contributed by atoms with E-state index in [0.29, 0.717) is 19.3 Å². The summed E-state index contributed by atoms with van der Waals surface area (Å²) >= 11 is 0. The number of carbonyl (C=O) groups is 3. The quantitative estimate of drug-likeness (QED) is 0.0261. The van der Waals surface area contributed by atoms with Crippen LogP contribution in [0, 0.1) is 0 Å². The Hall–Kier alpha value is -2.11. The summed E-state index contributed by atoms with van der Waals surface area (Å²) in [5, 5.41) is 0. The highest BCUT2D eigenvalue weighted by Crippen LogP contribution is 2.18. The monoisotopic (exact) mass is 1010 g/mol. The lowest BCUT2D eigenvalue weighted by atomic mass is 10.0.